The van der Waals surface area contributed by atoms with Crippen molar-refractivity contribution in [3.8, 4) is 0 Å². The molecule has 2 aromatic rings. The van der Waals surface area contributed by atoms with Crippen LogP contribution >= 0.6 is 0 Å². The van der Waals surface area contributed by atoms with E-state index in [1.807, 2.05) is 31.2 Å². The predicted molar refractivity (Wildman–Crippen MR) is 91.8 cm³/mol. The van der Waals surface area contributed by atoms with Gasteiger partial charge in [0, 0.05) is 23.9 Å². The molecule has 0 amide bonds. The number of carbonyl (C=O) groups excluding carboxylic acids is 1. The van der Waals surface area contributed by atoms with Gasteiger partial charge in [0.25, 0.3) is 0 Å². The summed E-state index contributed by atoms with van der Waals surface area (Å²) in [7, 11) is 0. The standard InChI is InChI=1S/C19H25NO3/c1-3-4-5-9-16-13-15-8-6-7-10-17(15)20(16)18(21)11-14(2)12-19(22)23/h6-8,10,13-14H,3-5,9,11-12H2,1-2H3,(H,22,23). The molecule has 4 heteroatoms. The van der Waals surface area contributed by atoms with Crippen molar-refractivity contribution >= 4 is 22.8 Å². The molecule has 1 aromatic heterocycles. The second-order valence-electron chi connectivity index (χ2n) is 6.29. The van der Waals surface area contributed by atoms with Crippen LogP contribution in [-0.4, -0.2) is 21.6 Å². The smallest absolute Gasteiger partial charge is 0.303 e. The van der Waals surface area contributed by atoms with Crippen molar-refractivity contribution in [1.82, 2.24) is 4.57 Å². The lowest BCUT2D eigenvalue weighted by Crippen LogP contribution is -2.18. The summed E-state index contributed by atoms with van der Waals surface area (Å²) < 4.78 is 1.79. The van der Waals surface area contributed by atoms with Gasteiger partial charge in [0.1, 0.15) is 0 Å². The molecule has 1 N–H and O–H groups in total. The molecule has 4 nitrogen and oxygen atoms in total. The van der Waals surface area contributed by atoms with Crippen LogP contribution in [0.25, 0.3) is 10.9 Å². The van der Waals surface area contributed by atoms with Gasteiger partial charge >= 0.3 is 5.97 Å². The molecule has 0 spiro atoms. The highest BCUT2D eigenvalue weighted by molar-refractivity contribution is 5.94. The highest BCUT2D eigenvalue weighted by Gasteiger charge is 2.18. The minimum Gasteiger partial charge on any atom is -0.481 e. The van der Waals surface area contributed by atoms with Crippen molar-refractivity contribution in [1.29, 1.82) is 0 Å². The maximum atomic E-state index is 12.7. The SMILES string of the molecule is CCCCCc1cc2ccccc2n1C(=O)CC(C)CC(=O)O. The van der Waals surface area contributed by atoms with E-state index in [9.17, 15) is 9.59 Å². The molecule has 2 rings (SSSR count). The first kappa shape index (κ1) is 17.3. The van der Waals surface area contributed by atoms with E-state index < -0.39 is 5.97 Å². The Labute approximate surface area is 137 Å². The summed E-state index contributed by atoms with van der Waals surface area (Å²) in [5.41, 5.74) is 1.96. The van der Waals surface area contributed by atoms with Gasteiger partial charge in [-0.05, 0) is 30.9 Å². The number of carbonyl (C=O) groups is 2. The summed E-state index contributed by atoms with van der Waals surface area (Å²) in [5.74, 6) is -1.03. The molecule has 23 heavy (non-hydrogen) atoms. The predicted octanol–water partition coefficient (Wildman–Crippen LogP) is 4.52. The Hall–Kier alpha value is -2.10. The summed E-state index contributed by atoms with van der Waals surface area (Å²) in [4.78, 5) is 23.5. The van der Waals surface area contributed by atoms with E-state index in [0.717, 1.165) is 42.3 Å². The third-order valence-corrected chi connectivity index (χ3v) is 4.12. The third-order valence-electron chi connectivity index (χ3n) is 4.12. The fraction of sp³-hybridized carbons (Fsp3) is 0.474. The lowest BCUT2D eigenvalue weighted by atomic mass is 10.0. The number of fused-ring (bicyclic) bond motifs is 1. The number of hydrogen-bond donors (Lipinski definition) is 1. The van der Waals surface area contributed by atoms with Crippen LogP contribution in [-0.2, 0) is 11.2 Å². The fourth-order valence-electron chi connectivity index (χ4n) is 3.01. The number of para-hydroxylation sites is 1. The zero-order valence-electron chi connectivity index (χ0n) is 13.9. The summed E-state index contributed by atoms with van der Waals surface area (Å²) >= 11 is 0. The molecule has 1 unspecified atom stereocenters. The lowest BCUT2D eigenvalue weighted by molar-refractivity contribution is -0.137. The Morgan fingerprint density at radius 3 is 2.61 bits per heavy atom. The number of nitrogens with zero attached hydrogens (tertiary/aromatic N) is 1. The maximum Gasteiger partial charge on any atom is 0.303 e. The number of carboxylic acids is 1. The number of aryl methyl sites for hydroxylation is 1. The number of carboxylic acid groups (broad SMARTS) is 1. The average Bonchev–Trinajstić information content (AvgIpc) is 2.84. The van der Waals surface area contributed by atoms with Crippen LogP contribution in [0.5, 0.6) is 0 Å². The van der Waals surface area contributed by atoms with Gasteiger partial charge in [-0.25, -0.2) is 0 Å². The van der Waals surface area contributed by atoms with Crippen LogP contribution in [0.3, 0.4) is 0 Å². The Kier molecular flexibility index (Phi) is 5.97. The zero-order valence-corrected chi connectivity index (χ0v) is 13.9. The van der Waals surface area contributed by atoms with Crippen LogP contribution in [0, 0.1) is 5.92 Å². The summed E-state index contributed by atoms with van der Waals surface area (Å²) in [6.07, 6.45) is 4.50. The van der Waals surface area contributed by atoms with E-state index in [1.165, 1.54) is 0 Å². The Balaban J connectivity index is 2.26. The van der Waals surface area contributed by atoms with Gasteiger partial charge < -0.3 is 5.11 Å². The van der Waals surface area contributed by atoms with Gasteiger partial charge in [-0.1, -0.05) is 44.9 Å². The van der Waals surface area contributed by atoms with Crippen molar-refractivity contribution < 1.29 is 14.7 Å². The molecule has 0 saturated carbocycles. The van der Waals surface area contributed by atoms with E-state index in [0.29, 0.717) is 0 Å². The number of benzene rings is 1. The van der Waals surface area contributed by atoms with Gasteiger partial charge in [-0.3, -0.25) is 14.2 Å². The molecule has 1 atom stereocenters. The maximum absolute atomic E-state index is 12.7. The monoisotopic (exact) mass is 315 g/mol. The van der Waals surface area contributed by atoms with Crippen molar-refractivity contribution in [2.75, 3.05) is 0 Å². The molecule has 1 aromatic carbocycles. The summed E-state index contributed by atoms with van der Waals surface area (Å²) in [6, 6.07) is 9.97. The molecule has 0 saturated heterocycles. The van der Waals surface area contributed by atoms with Crippen LogP contribution < -0.4 is 0 Å². The second-order valence-corrected chi connectivity index (χ2v) is 6.29. The Morgan fingerprint density at radius 2 is 1.91 bits per heavy atom. The zero-order chi connectivity index (χ0) is 16.8. The number of aliphatic carboxylic acids is 1. The summed E-state index contributed by atoms with van der Waals surface area (Å²) in [5, 5.41) is 9.95. The molecule has 0 aliphatic heterocycles. The minimum atomic E-state index is -0.856. The topological polar surface area (TPSA) is 59.3 Å². The van der Waals surface area contributed by atoms with Gasteiger partial charge in [0.15, 0.2) is 0 Å². The van der Waals surface area contributed by atoms with Gasteiger partial charge in [0.05, 0.1) is 5.52 Å². The minimum absolute atomic E-state index is 0.00792. The van der Waals surface area contributed by atoms with E-state index in [4.69, 9.17) is 5.11 Å². The number of hydrogen-bond acceptors (Lipinski definition) is 2. The highest BCUT2D eigenvalue weighted by Crippen LogP contribution is 2.23. The Morgan fingerprint density at radius 1 is 1.17 bits per heavy atom. The molecule has 0 bridgehead atoms. The van der Waals surface area contributed by atoms with Crippen molar-refractivity contribution in [2.45, 2.75) is 52.4 Å². The lowest BCUT2D eigenvalue weighted by Gasteiger charge is -2.12. The average molecular weight is 315 g/mol. The van der Waals surface area contributed by atoms with E-state index in [2.05, 4.69) is 13.0 Å². The third kappa shape index (κ3) is 4.44. The molecular formula is C19H25NO3. The summed E-state index contributed by atoms with van der Waals surface area (Å²) in [6.45, 7) is 3.97. The molecular weight excluding hydrogens is 290 g/mol. The molecule has 1 heterocycles. The van der Waals surface area contributed by atoms with Crippen molar-refractivity contribution in [2.24, 2.45) is 5.92 Å². The van der Waals surface area contributed by atoms with Crippen LogP contribution in [0.15, 0.2) is 30.3 Å². The van der Waals surface area contributed by atoms with Crippen molar-refractivity contribution in [3.63, 3.8) is 0 Å². The largest absolute Gasteiger partial charge is 0.481 e. The van der Waals surface area contributed by atoms with Crippen LogP contribution in [0.4, 0.5) is 0 Å². The van der Waals surface area contributed by atoms with Gasteiger partial charge in [0.2, 0.25) is 5.91 Å². The quantitative estimate of drug-likeness (QED) is 0.729. The fourth-order valence-corrected chi connectivity index (χ4v) is 3.01. The van der Waals surface area contributed by atoms with Crippen LogP contribution in [0.1, 0.15) is 56.4 Å². The number of rotatable bonds is 8. The second kappa shape index (κ2) is 7.95. The normalized spacial score (nSPS) is 12.4. The van der Waals surface area contributed by atoms with Crippen molar-refractivity contribution in [3.05, 3.63) is 36.0 Å². The van der Waals surface area contributed by atoms with E-state index in [1.54, 1.807) is 4.57 Å². The first-order valence-corrected chi connectivity index (χ1v) is 8.37. The molecule has 0 fully saturated rings. The molecule has 124 valence electrons. The van der Waals surface area contributed by atoms with E-state index in [-0.39, 0.29) is 24.7 Å². The number of unbranched alkanes of at least 4 members (excludes halogenated alkanes) is 2. The molecule has 0 aliphatic carbocycles. The Bertz CT molecular complexity index is 687. The molecule has 0 aliphatic rings. The van der Waals surface area contributed by atoms with Crippen LogP contribution in [0.2, 0.25) is 0 Å². The molecule has 0 radical (unpaired) electrons. The first-order valence-electron chi connectivity index (χ1n) is 8.37. The number of aromatic nitrogens is 1. The van der Waals surface area contributed by atoms with Gasteiger partial charge in [-0.15, -0.1) is 0 Å². The van der Waals surface area contributed by atoms with Gasteiger partial charge in [-0.2, -0.15) is 0 Å². The highest BCUT2D eigenvalue weighted by atomic mass is 16.4. The van der Waals surface area contributed by atoms with E-state index >= 15 is 0 Å². The first-order chi connectivity index (χ1) is 11.0.